The molecule has 0 fully saturated rings. The second kappa shape index (κ2) is 7.86. The Kier molecular flexibility index (Phi) is 6.86. The van der Waals surface area contributed by atoms with E-state index < -0.39 is 0 Å². The smallest absolute Gasteiger partial charge is 0.137 e. The summed E-state index contributed by atoms with van der Waals surface area (Å²) in [5, 5.41) is 0. The van der Waals surface area contributed by atoms with Gasteiger partial charge in [-0.3, -0.25) is 4.98 Å². The second-order valence-electron chi connectivity index (χ2n) is 9.73. The Bertz CT molecular complexity index is 496. The fourth-order valence-electron chi connectivity index (χ4n) is 3.17. The maximum atomic E-state index is 6.01. The van der Waals surface area contributed by atoms with Crippen LogP contribution in [0.1, 0.15) is 74.4 Å². The standard InChI is InChI=1S/C21H37NO2/c1-16(2)24-18-11-10-17(22-13-18)12-20(6,7)14-21(8,9)15-23-19(3,4)5/h10-11,13,16H,12,14-15H2,1-9H3. The molecule has 0 aliphatic rings. The summed E-state index contributed by atoms with van der Waals surface area (Å²) < 4.78 is 11.7. The summed E-state index contributed by atoms with van der Waals surface area (Å²) in [6.45, 7) is 20.3. The third-order valence-corrected chi connectivity index (χ3v) is 3.68. The van der Waals surface area contributed by atoms with Crippen LogP contribution in [-0.4, -0.2) is 23.3 Å². The molecule has 1 aromatic heterocycles. The van der Waals surface area contributed by atoms with Gasteiger partial charge in [0.05, 0.1) is 24.5 Å². The molecule has 0 saturated carbocycles. The Labute approximate surface area is 149 Å². The average molecular weight is 336 g/mol. The first-order chi connectivity index (χ1) is 10.8. The molecule has 0 amide bonds. The zero-order chi connectivity index (χ0) is 18.6. The number of hydrogen-bond acceptors (Lipinski definition) is 3. The van der Waals surface area contributed by atoms with E-state index in [9.17, 15) is 0 Å². The van der Waals surface area contributed by atoms with Gasteiger partial charge in [-0.25, -0.2) is 0 Å². The quantitative estimate of drug-likeness (QED) is 0.613. The van der Waals surface area contributed by atoms with Crippen LogP contribution in [0.3, 0.4) is 0 Å². The van der Waals surface area contributed by atoms with Crippen LogP contribution in [0.4, 0.5) is 0 Å². The molecule has 0 aliphatic heterocycles. The van der Waals surface area contributed by atoms with E-state index in [4.69, 9.17) is 9.47 Å². The molecule has 0 bridgehead atoms. The van der Waals surface area contributed by atoms with E-state index in [0.29, 0.717) is 0 Å². The predicted molar refractivity (Wildman–Crippen MR) is 102 cm³/mol. The van der Waals surface area contributed by atoms with Crippen molar-refractivity contribution in [3.05, 3.63) is 24.0 Å². The van der Waals surface area contributed by atoms with Crippen molar-refractivity contribution < 1.29 is 9.47 Å². The fourth-order valence-corrected chi connectivity index (χ4v) is 3.17. The summed E-state index contributed by atoms with van der Waals surface area (Å²) in [5.41, 5.74) is 1.33. The van der Waals surface area contributed by atoms with Crippen molar-refractivity contribution in [2.75, 3.05) is 6.61 Å². The molecular formula is C21H37NO2. The molecule has 3 heteroatoms. The zero-order valence-corrected chi connectivity index (χ0v) is 17.2. The Morgan fingerprint density at radius 1 is 0.958 bits per heavy atom. The van der Waals surface area contributed by atoms with Crippen molar-refractivity contribution in [3.8, 4) is 5.75 Å². The highest BCUT2D eigenvalue weighted by Crippen LogP contribution is 2.37. The van der Waals surface area contributed by atoms with Crippen molar-refractivity contribution in [2.45, 2.75) is 86.9 Å². The highest BCUT2D eigenvalue weighted by atomic mass is 16.5. The molecule has 0 N–H and O–H groups in total. The van der Waals surface area contributed by atoms with Gasteiger partial charge in [-0.2, -0.15) is 0 Å². The molecule has 1 rings (SSSR count). The number of nitrogens with zero attached hydrogens (tertiary/aromatic N) is 1. The molecule has 0 aliphatic carbocycles. The predicted octanol–water partition coefficient (Wildman–Crippen LogP) is 5.67. The second-order valence-corrected chi connectivity index (χ2v) is 9.73. The first kappa shape index (κ1) is 21.0. The summed E-state index contributed by atoms with van der Waals surface area (Å²) >= 11 is 0. The van der Waals surface area contributed by atoms with E-state index in [0.717, 1.165) is 30.9 Å². The summed E-state index contributed by atoms with van der Waals surface area (Å²) in [5.74, 6) is 0.838. The van der Waals surface area contributed by atoms with Crippen molar-refractivity contribution in [1.29, 1.82) is 0 Å². The van der Waals surface area contributed by atoms with Crippen molar-refractivity contribution in [1.82, 2.24) is 4.98 Å². The summed E-state index contributed by atoms with van der Waals surface area (Å²) in [4.78, 5) is 4.58. The van der Waals surface area contributed by atoms with E-state index in [1.807, 2.05) is 26.1 Å². The molecule has 0 aromatic carbocycles. The average Bonchev–Trinajstić information content (AvgIpc) is 2.36. The van der Waals surface area contributed by atoms with Gasteiger partial charge in [-0.05, 0) is 70.4 Å². The van der Waals surface area contributed by atoms with Crippen LogP contribution in [0.15, 0.2) is 18.3 Å². The van der Waals surface area contributed by atoms with Crippen molar-refractivity contribution >= 4 is 0 Å². The number of rotatable bonds is 8. The van der Waals surface area contributed by atoms with Crippen LogP contribution in [0, 0.1) is 10.8 Å². The lowest BCUT2D eigenvalue weighted by molar-refractivity contribution is -0.0531. The molecule has 3 nitrogen and oxygen atoms in total. The molecule has 0 unspecified atom stereocenters. The van der Waals surface area contributed by atoms with Gasteiger partial charge in [0.2, 0.25) is 0 Å². The summed E-state index contributed by atoms with van der Waals surface area (Å²) in [7, 11) is 0. The Morgan fingerprint density at radius 2 is 1.58 bits per heavy atom. The largest absolute Gasteiger partial charge is 0.489 e. The molecule has 0 spiro atoms. The van der Waals surface area contributed by atoms with Crippen LogP contribution in [0.25, 0.3) is 0 Å². The molecule has 138 valence electrons. The topological polar surface area (TPSA) is 31.4 Å². The third-order valence-electron chi connectivity index (χ3n) is 3.68. The minimum Gasteiger partial charge on any atom is -0.489 e. The lowest BCUT2D eigenvalue weighted by Gasteiger charge is -2.36. The minimum absolute atomic E-state index is 0.0881. The zero-order valence-electron chi connectivity index (χ0n) is 17.2. The molecule has 0 saturated heterocycles. The highest BCUT2D eigenvalue weighted by molar-refractivity contribution is 5.20. The van der Waals surface area contributed by atoms with Crippen LogP contribution in [0.2, 0.25) is 0 Å². The molecule has 0 atom stereocenters. The van der Waals surface area contributed by atoms with Gasteiger partial charge < -0.3 is 9.47 Å². The van der Waals surface area contributed by atoms with Crippen LogP contribution in [-0.2, 0) is 11.2 Å². The fraction of sp³-hybridized carbons (Fsp3) is 0.762. The van der Waals surface area contributed by atoms with Gasteiger partial charge in [0, 0.05) is 5.69 Å². The first-order valence-electron chi connectivity index (χ1n) is 9.04. The van der Waals surface area contributed by atoms with Crippen LogP contribution in [0.5, 0.6) is 5.75 Å². The van der Waals surface area contributed by atoms with Gasteiger partial charge >= 0.3 is 0 Å². The summed E-state index contributed by atoms with van der Waals surface area (Å²) in [6.07, 6.45) is 4.05. The van der Waals surface area contributed by atoms with E-state index >= 15 is 0 Å². The van der Waals surface area contributed by atoms with Crippen LogP contribution < -0.4 is 4.74 Å². The minimum atomic E-state index is -0.0881. The molecule has 1 heterocycles. The number of aromatic nitrogens is 1. The lowest BCUT2D eigenvalue weighted by Crippen LogP contribution is -2.32. The lowest BCUT2D eigenvalue weighted by atomic mass is 9.73. The van der Waals surface area contributed by atoms with Gasteiger partial charge in [-0.15, -0.1) is 0 Å². The van der Waals surface area contributed by atoms with E-state index in [1.165, 1.54) is 0 Å². The highest BCUT2D eigenvalue weighted by Gasteiger charge is 2.31. The van der Waals surface area contributed by atoms with Gasteiger partial charge in [0.1, 0.15) is 5.75 Å². The Morgan fingerprint density at radius 3 is 2.04 bits per heavy atom. The van der Waals surface area contributed by atoms with Crippen LogP contribution >= 0.6 is 0 Å². The van der Waals surface area contributed by atoms with Gasteiger partial charge in [-0.1, -0.05) is 27.7 Å². The normalized spacial score (nSPS) is 13.4. The molecular weight excluding hydrogens is 298 g/mol. The van der Waals surface area contributed by atoms with Crippen molar-refractivity contribution in [3.63, 3.8) is 0 Å². The Balaban J connectivity index is 2.64. The maximum Gasteiger partial charge on any atom is 0.137 e. The summed E-state index contributed by atoms with van der Waals surface area (Å²) in [6, 6.07) is 4.10. The number of ether oxygens (including phenoxy) is 2. The van der Waals surface area contributed by atoms with Crippen molar-refractivity contribution in [2.24, 2.45) is 10.8 Å². The van der Waals surface area contributed by atoms with E-state index in [2.05, 4.69) is 59.5 Å². The molecule has 24 heavy (non-hydrogen) atoms. The monoisotopic (exact) mass is 335 g/mol. The van der Waals surface area contributed by atoms with E-state index in [1.54, 1.807) is 0 Å². The first-order valence-corrected chi connectivity index (χ1v) is 9.04. The SMILES string of the molecule is CC(C)Oc1ccc(CC(C)(C)CC(C)(C)COC(C)(C)C)nc1. The number of pyridine rings is 1. The van der Waals surface area contributed by atoms with Gasteiger partial charge in [0.15, 0.2) is 0 Å². The molecule has 0 radical (unpaired) electrons. The van der Waals surface area contributed by atoms with Gasteiger partial charge in [0.25, 0.3) is 0 Å². The molecule has 1 aromatic rings. The number of hydrogen-bond donors (Lipinski definition) is 0. The third kappa shape index (κ3) is 8.68. The Hall–Kier alpha value is -1.09. The maximum absolute atomic E-state index is 6.01. The van der Waals surface area contributed by atoms with E-state index in [-0.39, 0.29) is 22.5 Å².